The lowest BCUT2D eigenvalue weighted by Crippen LogP contribution is -2.28. The maximum Gasteiger partial charge on any atom is 0.238 e. The zero-order valence-electron chi connectivity index (χ0n) is 13.7. The molecule has 0 aliphatic carbocycles. The van der Waals surface area contributed by atoms with Gasteiger partial charge in [0.15, 0.2) is 0 Å². The fourth-order valence-corrected chi connectivity index (χ4v) is 2.90. The summed E-state index contributed by atoms with van der Waals surface area (Å²) in [6.07, 6.45) is 0.228. The number of primary sulfonamides is 1. The summed E-state index contributed by atoms with van der Waals surface area (Å²) in [7, 11) is -3.75. The number of anilines is 1. The van der Waals surface area contributed by atoms with E-state index in [1.807, 2.05) is 12.1 Å². The first-order valence-electron chi connectivity index (χ1n) is 7.68. The van der Waals surface area contributed by atoms with Crippen LogP contribution in [0.5, 0.6) is 0 Å². The molecule has 26 heavy (non-hydrogen) atoms. The van der Waals surface area contributed by atoms with Crippen LogP contribution in [0, 0.1) is 0 Å². The molecule has 0 aliphatic rings. The average molecular weight is 440 g/mol. The summed E-state index contributed by atoms with van der Waals surface area (Å²) in [6.45, 7) is 0.205. The van der Waals surface area contributed by atoms with Gasteiger partial charge in [-0.15, -0.1) is 0 Å². The van der Waals surface area contributed by atoms with Gasteiger partial charge < -0.3 is 10.6 Å². The molecule has 2 amide bonds. The van der Waals surface area contributed by atoms with Gasteiger partial charge in [0.1, 0.15) is 0 Å². The first kappa shape index (κ1) is 20.1. The van der Waals surface area contributed by atoms with Crippen LogP contribution < -0.4 is 15.8 Å². The number of rotatable bonds is 7. The third kappa shape index (κ3) is 6.58. The van der Waals surface area contributed by atoms with Crippen LogP contribution >= 0.6 is 15.9 Å². The molecule has 9 heteroatoms. The third-order valence-corrected chi connectivity index (χ3v) is 4.88. The Balaban J connectivity index is 1.74. The predicted octanol–water partition coefficient (Wildman–Crippen LogP) is 1.78. The molecule has 0 unspecified atom stereocenters. The molecule has 0 spiro atoms. The average Bonchev–Trinajstić information content (AvgIpc) is 2.56. The van der Waals surface area contributed by atoms with Crippen molar-refractivity contribution in [2.45, 2.75) is 17.7 Å². The lowest BCUT2D eigenvalue weighted by Gasteiger charge is -2.07. The van der Waals surface area contributed by atoms with E-state index < -0.39 is 10.0 Å². The molecule has 0 heterocycles. The molecule has 0 aliphatic heterocycles. The van der Waals surface area contributed by atoms with E-state index in [-0.39, 0.29) is 36.1 Å². The van der Waals surface area contributed by atoms with Crippen LogP contribution in [0.1, 0.15) is 12.0 Å². The van der Waals surface area contributed by atoms with Crippen LogP contribution in [0.25, 0.3) is 0 Å². The fourth-order valence-electron chi connectivity index (χ4n) is 2.12. The van der Waals surface area contributed by atoms with Gasteiger partial charge in [0.2, 0.25) is 21.8 Å². The van der Waals surface area contributed by atoms with Crippen LogP contribution in [0.2, 0.25) is 0 Å². The summed E-state index contributed by atoms with van der Waals surface area (Å²) < 4.78 is 23.3. The van der Waals surface area contributed by atoms with Gasteiger partial charge in [-0.25, -0.2) is 13.6 Å². The third-order valence-electron chi connectivity index (χ3n) is 3.42. The van der Waals surface area contributed by atoms with Gasteiger partial charge in [0.05, 0.1) is 11.3 Å². The van der Waals surface area contributed by atoms with E-state index in [4.69, 9.17) is 5.14 Å². The van der Waals surface area contributed by atoms with Gasteiger partial charge in [-0.2, -0.15) is 0 Å². The Morgan fingerprint density at radius 2 is 1.58 bits per heavy atom. The van der Waals surface area contributed by atoms with Gasteiger partial charge in [-0.05, 0) is 42.0 Å². The number of carbonyl (C=O) groups excluding carboxylic acids is 2. The molecule has 0 fully saturated rings. The van der Waals surface area contributed by atoms with E-state index in [1.54, 1.807) is 12.1 Å². The molecule has 0 atom stereocenters. The highest BCUT2D eigenvalue weighted by molar-refractivity contribution is 9.10. The van der Waals surface area contributed by atoms with Gasteiger partial charge in [-0.3, -0.25) is 9.59 Å². The topological polar surface area (TPSA) is 118 Å². The number of hydrogen-bond donors (Lipinski definition) is 3. The first-order chi connectivity index (χ1) is 12.2. The van der Waals surface area contributed by atoms with E-state index >= 15 is 0 Å². The lowest BCUT2D eigenvalue weighted by molar-refractivity contribution is -0.120. The number of halogens is 1. The summed E-state index contributed by atoms with van der Waals surface area (Å²) in [4.78, 5) is 23.7. The van der Waals surface area contributed by atoms with E-state index in [0.717, 1.165) is 4.47 Å². The zero-order chi connectivity index (χ0) is 19.2. The molecule has 7 nitrogen and oxygen atoms in total. The van der Waals surface area contributed by atoms with Crippen molar-refractivity contribution in [3.8, 4) is 0 Å². The summed E-state index contributed by atoms with van der Waals surface area (Å²) in [5.74, 6) is -0.463. The fraction of sp³-hybridized carbons (Fsp3) is 0.176. The van der Waals surface area contributed by atoms with Gasteiger partial charge in [0, 0.05) is 23.1 Å². The predicted molar refractivity (Wildman–Crippen MR) is 102 cm³/mol. The minimum Gasteiger partial charge on any atom is -0.355 e. The second-order valence-corrected chi connectivity index (χ2v) is 8.00. The van der Waals surface area contributed by atoms with Crippen molar-refractivity contribution in [1.29, 1.82) is 0 Å². The van der Waals surface area contributed by atoms with Crippen molar-refractivity contribution >= 4 is 43.5 Å². The van der Waals surface area contributed by atoms with Crippen LogP contribution in [-0.2, 0) is 26.0 Å². The molecule has 0 saturated heterocycles. The van der Waals surface area contributed by atoms with Crippen molar-refractivity contribution in [1.82, 2.24) is 5.32 Å². The Morgan fingerprint density at radius 3 is 2.15 bits per heavy atom. The quantitative estimate of drug-likeness (QED) is 0.608. The van der Waals surface area contributed by atoms with Crippen LogP contribution in [0.15, 0.2) is 57.9 Å². The Bertz CT molecular complexity index is 881. The second-order valence-electron chi connectivity index (χ2n) is 5.52. The standard InChI is InChI=1S/C17H18BrN3O4S/c18-13-3-5-14(6-4-13)21-16(22)9-10-20-17(23)11-12-1-7-15(8-2-12)26(19,24)25/h1-8H,9-11H2,(H,20,23)(H,21,22)(H2,19,24,25). The van der Waals surface area contributed by atoms with Gasteiger partial charge in [-0.1, -0.05) is 28.1 Å². The van der Waals surface area contributed by atoms with Gasteiger partial charge in [0.25, 0.3) is 0 Å². The second kappa shape index (κ2) is 8.93. The molecule has 2 aromatic rings. The van der Waals surface area contributed by atoms with Gasteiger partial charge >= 0.3 is 0 Å². The molecule has 0 radical (unpaired) electrons. The number of sulfonamides is 1. The van der Waals surface area contributed by atoms with E-state index in [9.17, 15) is 18.0 Å². The number of nitrogens with one attached hydrogen (secondary N) is 2. The highest BCUT2D eigenvalue weighted by Crippen LogP contribution is 2.14. The van der Waals surface area contributed by atoms with Crippen molar-refractivity contribution in [3.63, 3.8) is 0 Å². The number of nitrogens with two attached hydrogens (primary N) is 1. The number of carbonyl (C=O) groups is 2. The molecule has 0 bridgehead atoms. The highest BCUT2D eigenvalue weighted by Gasteiger charge is 2.09. The van der Waals surface area contributed by atoms with E-state index in [2.05, 4.69) is 26.6 Å². The monoisotopic (exact) mass is 439 g/mol. The molecule has 4 N–H and O–H groups in total. The summed E-state index contributed by atoms with van der Waals surface area (Å²) in [6, 6.07) is 12.9. The SMILES string of the molecule is NS(=O)(=O)c1ccc(CC(=O)NCCC(=O)Nc2ccc(Br)cc2)cc1. The lowest BCUT2D eigenvalue weighted by atomic mass is 10.1. The normalized spacial score (nSPS) is 11.0. The molecule has 2 rings (SSSR count). The molecular formula is C17H18BrN3O4S. The molecule has 0 saturated carbocycles. The van der Waals surface area contributed by atoms with Crippen LogP contribution in [0.3, 0.4) is 0 Å². The van der Waals surface area contributed by atoms with E-state index in [0.29, 0.717) is 11.3 Å². The first-order valence-corrected chi connectivity index (χ1v) is 10.0. The van der Waals surface area contributed by atoms with Crippen LogP contribution in [0.4, 0.5) is 5.69 Å². The smallest absolute Gasteiger partial charge is 0.238 e. The molecule has 138 valence electrons. The zero-order valence-corrected chi connectivity index (χ0v) is 16.1. The van der Waals surface area contributed by atoms with E-state index in [1.165, 1.54) is 24.3 Å². The van der Waals surface area contributed by atoms with Crippen molar-refractivity contribution < 1.29 is 18.0 Å². The number of benzene rings is 2. The summed E-state index contributed by atoms with van der Waals surface area (Å²) in [5, 5.41) is 10.4. The molecule has 0 aromatic heterocycles. The minimum absolute atomic E-state index is 0.00808. The maximum absolute atomic E-state index is 11.9. The van der Waals surface area contributed by atoms with Crippen molar-refractivity contribution in [3.05, 3.63) is 58.6 Å². The largest absolute Gasteiger partial charge is 0.355 e. The maximum atomic E-state index is 11.9. The highest BCUT2D eigenvalue weighted by atomic mass is 79.9. The Labute approximate surface area is 160 Å². The number of amides is 2. The van der Waals surface area contributed by atoms with Crippen LogP contribution in [-0.4, -0.2) is 26.8 Å². The van der Waals surface area contributed by atoms with Crippen molar-refractivity contribution in [2.75, 3.05) is 11.9 Å². The van der Waals surface area contributed by atoms with Crippen molar-refractivity contribution in [2.24, 2.45) is 5.14 Å². The molecule has 2 aromatic carbocycles. The molecular weight excluding hydrogens is 422 g/mol. The number of hydrogen-bond acceptors (Lipinski definition) is 4. The Morgan fingerprint density at radius 1 is 0.962 bits per heavy atom. The summed E-state index contributed by atoms with van der Waals surface area (Å²) in [5.41, 5.74) is 1.33. The summed E-state index contributed by atoms with van der Waals surface area (Å²) >= 11 is 3.31. The Kier molecular flexibility index (Phi) is 6.90. The Hall–Kier alpha value is -2.23. The minimum atomic E-state index is -3.75.